The number of rotatable bonds is 2. The molecule has 2 fully saturated rings. The van der Waals surface area contributed by atoms with Crippen LogP contribution in [0.5, 0.6) is 0 Å². The van der Waals surface area contributed by atoms with Gasteiger partial charge in [0.2, 0.25) is 5.91 Å². The summed E-state index contributed by atoms with van der Waals surface area (Å²) < 4.78 is 10.9. The SMILES string of the molecule is CC1OCCC1C(=O)N1CCC[C@H]1C(=O)OC(C)(C)C. The third-order valence-electron chi connectivity index (χ3n) is 3.91. The molecule has 0 N–H and O–H groups in total. The van der Waals surface area contributed by atoms with Crippen molar-refractivity contribution in [2.45, 2.75) is 64.7 Å². The van der Waals surface area contributed by atoms with E-state index in [2.05, 4.69) is 0 Å². The summed E-state index contributed by atoms with van der Waals surface area (Å²) >= 11 is 0. The molecule has 5 heteroatoms. The van der Waals surface area contributed by atoms with Crippen molar-refractivity contribution < 1.29 is 19.1 Å². The third kappa shape index (κ3) is 3.32. The maximum atomic E-state index is 12.6. The summed E-state index contributed by atoms with van der Waals surface area (Å²) in [6.45, 7) is 8.74. The van der Waals surface area contributed by atoms with Crippen molar-refractivity contribution in [3.8, 4) is 0 Å². The van der Waals surface area contributed by atoms with E-state index in [1.807, 2.05) is 27.7 Å². The molecule has 0 aromatic carbocycles. The van der Waals surface area contributed by atoms with Crippen molar-refractivity contribution in [2.24, 2.45) is 5.92 Å². The van der Waals surface area contributed by atoms with E-state index in [4.69, 9.17) is 9.47 Å². The van der Waals surface area contributed by atoms with E-state index in [0.29, 0.717) is 19.6 Å². The standard InChI is InChI=1S/C15H25NO4/c1-10-11(7-9-19-10)13(17)16-8-5-6-12(16)14(18)20-15(2,3)4/h10-12H,5-9H2,1-4H3/t10?,11?,12-/m0/s1. The summed E-state index contributed by atoms with van der Waals surface area (Å²) in [5.74, 6) is -0.351. The largest absolute Gasteiger partial charge is 0.458 e. The highest BCUT2D eigenvalue weighted by atomic mass is 16.6. The maximum absolute atomic E-state index is 12.6. The lowest BCUT2D eigenvalue weighted by molar-refractivity contribution is -0.164. The van der Waals surface area contributed by atoms with Crippen LogP contribution < -0.4 is 0 Å². The molecule has 0 radical (unpaired) electrons. The molecule has 0 aliphatic carbocycles. The normalized spacial score (nSPS) is 30.6. The molecule has 0 saturated carbocycles. The van der Waals surface area contributed by atoms with Gasteiger partial charge in [0, 0.05) is 13.2 Å². The molecular weight excluding hydrogens is 258 g/mol. The highest BCUT2D eigenvalue weighted by molar-refractivity contribution is 5.87. The quantitative estimate of drug-likeness (QED) is 0.724. The fraction of sp³-hybridized carbons (Fsp3) is 0.867. The van der Waals surface area contributed by atoms with Gasteiger partial charge in [-0.05, 0) is 47.0 Å². The van der Waals surface area contributed by atoms with Gasteiger partial charge in [0.1, 0.15) is 11.6 Å². The molecule has 2 aliphatic rings. The predicted molar refractivity (Wildman–Crippen MR) is 74.1 cm³/mol. The predicted octanol–water partition coefficient (Wildman–Crippen LogP) is 1.74. The smallest absolute Gasteiger partial charge is 0.329 e. The number of ether oxygens (including phenoxy) is 2. The Morgan fingerprint density at radius 2 is 1.95 bits per heavy atom. The molecular formula is C15H25NO4. The number of likely N-dealkylation sites (tertiary alicyclic amines) is 1. The fourth-order valence-electron chi connectivity index (χ4n) is 2.91. The van der Waals surface area contributed by atoms with Crippen LogP contribution in [-0.4, -0.2) is 47.7 Å². The highest BCUT2D eigenvalue weighted by Gasteiger charge is 2.42. The topological polar surface area (TPSA) is 55.8 Å². The van der Waals surface area contributed by atoms with Gasteiger partial charge in [-0.2, -0.15) is 0 Å². The first kappa shape index (κ1) is 15.3. The number of carbonyl (C=O) groups excluding carboxylic acids is 2. The minimum Gasteiger partial charge on any atom is -0.458 e. The van der Waals surface area contributed by atoms with Crippen LogP contribution in [0.15, 0.2) is 0 Å². The molecule has 2 unspecified atom stereocenters. The lowest BCUT2D eigenvalue weighted by Crippen LogP contribution is -2.46. The van der Waals surface area contributed by atoms with Gasteiger partial charge >= 0.3 is 5.97 Å². The van der Waals surface area contributed by atoms with Crippen molar-refractivity contribution >= 4 is 11.9 Å². The average Bonchev–Trinajstić information content (AvgIpc) is 2.93. The number of nitrogens with zero attached hydrogens (tertiary/aromatic N) is 1. The van der Waals surface area contributed by atoms with Gasteiger partial charge in [0.05, 0.1) is 12.0 Å². The van der Waals surface area contributed by atoms with Crippen molar-refractivity contribution in [3.05, 3.63) is 0 Å². The number of hydrogen-bond donors (Lipinski definition) is 0. The molecule has 2 rings (SSSR count). The molecule has 0 aromatic rings. The van der Waals surface area contributed by atoms with Crippen LogP contribution in [-0.2, 0) is 19.1 Å². The van der Waals surface area contributed by atoms with Crippen molar-refractivity contribution in [2.75, 3.05) is 13.2 Å². The Hall–Kier alpha value is -1.10. The van der Waals surface area contributed by atoms with Crippen LogP contribution in [0.4, 0.5) is 0 Å². The van der Waals surface area contributed by atoms with Crippen molar-refractivity contribution in [1.82, 2.24) is 4.90 Å². The second-order valence-corrected chi connectivity index (χ2v) is 6.69. The van der Waals surface area contributed by atoms with Gasteiger partial charge in [-0.3, -0.25) is 4.79 Å². The van der Waals surface area contributed by atoms with Crippen LogP contribution in [0, 0.1) is 5.92 Å². The van der Waals surface area contributed by atoms with E-state index in [1.165, 1.54) is 0 Å². The van der Waals surface area contributed by atoms with E-state index in [9.17, 15) is 9.59 Å². The highest BCUT2D eigenvalue weighted by Crippen LogP contribution is 2.28. The van der Waals surface area contributed by atoms with Crippen LogP contribution in [0.1, 0.15) is 47.0 Å². The molecule has 5 nitrogen and oxygen atoms in total. The van der Waals surface area contributed by atoms with E-state index in [-0.39, 0.29) is 23.9 Å². The molecule has 2 saturated heterocycles. The summed E-state index contributed by atoms with van der Waals surface area (Å²) in [6.07, 6.45) is 2.25. The zero-order valence-electron chi connectivity index (χ0n) is 12.8. The summed E-state index contributed by atoms with van der Waals surface area (Å²) in [4.78, 5) is 26.5. The Labute approximate surface area is 120 Å². The molecule has 3 atom stereocenters. The Morgan fingerprint density at radius 3 is 2.50 bits per heavy atom. The Morgan fingerprint density at radius 1 is 1.25 bits per heavy atom. The summed E-state index contributed by atoms with van der Waals surface area (Å²) in [6, 6.07) is -0.422. The third-order valence-corrected chi connectivity index (χ3v) is 3.91. The second kappa shape index (κ2) is 5.72. The van der Waals surface area contributed by atoms with E-state index >= 15 is 0 Å². The molecule has 2 heterocycles. The number of carbonyl (C=O) groups is 2. The molecule has 2 aliphatic heterocycles. The van der Waals surface area contributed by atoms with E-state index in [0.717, 1.165) is 12.8 Å². The van der Waals surface area contributed by atoms with Gasteiger partial charge in [-0.15, -0.1) is 0 Å². The van der Waals surface area contributed by atoms with Gasteiger partial charge in [-0.1, -0.05) is 0 Å². The summed E-state index contributed by atoms with van der Waals surface area (Å²) in [5, 5.41) is 0. The second-order valence-electron chi connectivity index (χ2n) is 6.69. The maximum Gasteiger partial charge on any atom is 0.329 e. The van der Waals surface area contributed by atoms with E-state index < -0.39 is 11.6 Å². The van der Waals surface area contributed by atoms with Gasteiger partial charge in [0.25, 0.3) is 0 Å². The number of amides is 1. The summed E-state index contributed by atoms with van der Waals surface area (Å²) in [7, 11) is 0. The van der Waals surface area contributed by atoms with Crippen molar-refractivity contribution in [3.63, 3.8) is 0 Å². The molecule has 0 spiro atoms. The van der Waals surface area contributed by atoms with Crippen LogP contribution in [0.2, 0.25) is 0 Å². The summed E-state index contributed by atoms with van der Waals surface area (Å²) in [5.41, 5.74) is -0.516. The Kier molecular flexibility index (Phi) is 4.37. The van der Waals surface area contributed by atoms with Gasteiger partial charge in [-0.25, -0.2) is 4.79 Å². The van der Waals surface area contributed by atoms with Crippen LogP contribution in [0.25, 0.3) is 0 Å². The van der Waals surface area contributed by atoms with Crippen molar-refractivity contribution in [1.29, 1.82) is 0 Å². The van der Waals surface area contributed by atoms with E-state index in [1.54, 1.807) is 4.90 Å². The van der Waals surface area contributed by atoms with Gasteiger partial charge < -0.3 is 14.4 Å². The average molecular weight is 283 g/mol. The monoisotopic (exact) mass is 283 g/mol. The molecule has 114 valence electrons. The zero-order chi connectivity index (χ0) is 14.9. The van der Waals surface area contributed by atoms with Crippen LogP contribution in [0.3, 0.4) is 0 Å². The Balaban J connectivity index is 2.03. The molecule has 0 aromatic heterocycles. The molecule has 20 heavy (non-hydrogen) atoms. The van der Waals surface area contributed by atoms with Gasteiger partial charge in [0.15, 0.2) is 0 Å². The Bertz CT molecular complexity index is 388. The molecule has 1 amide bonds. The first-order valence-electron chi connectivity index (χ1n) is 7.44. The lowest BCUT2D eigenvalue weighted by Gasteiger charge is -2.29. The first-order chi connectivity index (χ1) is 9.29. The lowest BCUT2D eigenvalue weighted by atomic mass is 10.0. The zero-order valence-corrected chi connectivity index (χ0v) is 12.8. The minimum atomic E-state index is -0.516. The molecule has 0 bridgehead atoms. The minimum absolute atomic E-state index is 0.0448. The first-order valence-corrected chi connectivity index (χ1v) is 7.44. The fourth-order valence-corrected chi connectivity index (χ4v) is 2.91. The number of hydrogen-bond acceptors (Lipinski definition) is 4. The number of esters is 1. The van der Waals surface area contributed by atoms with Crippen LogP contribution >= 0.6 is 0 Å².